The van der Waals surface area contributed by atoms with Crippen molar-refractivity contribution >= 4 is 5.97 Å². The van der Waals surface area contributed by atoms with Gasteiger partial charge in [0.25, 0.3) is 0 Å². The van der Waals surface area contributed by atoms with E-state index in [1.165, 1.54) is 12.8 Å². The lowest BCUT2D eigenvalue weighted by atomic mass is 9.85. The van der Waals surface area contributed by atoms with Gasteiger partial charge in [-0.2, -0.15) is 0 Å². The highest BCUT2D eigenvalue weighted by Crippen LogP contribution is 2.37. The first-order valence-electron chi connectivity index (χ1n) is 4.45. The molecule has 0 bridgehead atoms. The molecule has 1 aliphatic rings. The Balaban J connectivity index is 2.41. The lowest BCUT2D eigenvalue weighted by Gasteiger charge is -2.19. The maximum atomic E-state index is 10.8. The average Bonchev–Trinajstić information content (AvgIpc) is 2.83. The molecule has 2 nitrogen and oxygen atoms in total. The molecule has 1 unspecified atom stereocenters. The zero-order chi connectivity index (χ0) is 9.19. The Morgan fingerprint density at radius 1 is 1.75 bits per heavy atom. The Kier molecular flexibility index (Phi) is 2.55. The number of carboxylic acids is 1. The second-order valence-corrected chi connectivity index (χ2v) is 3.91. The van der Waals surface area contributed by atoms with Crippen LogP contribution in [0.4, 0.5) is 0 Å². The largest absolute Gasteiger partial charge is 0.481 e. The van der Waals surface area contributed by atoms with Gasteiger partial charge in [-0.15, -0.1) is 6.58 Å². The average molecular weight is 168 g/mol. The van der Waals surface area contributed by atoms with Gasteiger partial charge in [0.05, 0.1) is 5.41 Å². The van der Waals surface area contributed by atoms with Gasteiger partial charge < -0.3 is 5.11 Å². The predicted molar refractivity (Wildman–Crippen MR) is 47.9 cm³/mol. The van der Waals surface area contributed by atoms with E-state index >= 15 is 0 Å². The van der Waals surface area contributed by atoms with Gasteiger partial charge in [-0.3, -0.25) is 4.79 Å². The van der Waals surface area contributed by atoms with E-state index in [0.29, 0.717) is 0 Å². The van der Waals surface area contributed by atoms with Gasteiger partial charge >= 0.3 is 5.97 Å². The van der Waals surface area contributed by atoms with Gasteiger partial charge in [0.2, 0.25) is 0 Å². The van der Waals surface area contributed by atoms with E-state index in [2.05, 4.69) is 6.58 Å². The van der Waals surface area contributed by atoms with Gasteiger partial charge in [-0.05, 0) is 25.7 Å². The van der Waals surface area contributed by atoms with Crippen LogP contribution in [0.15, 0.2) is 12.7 Å². The summed E-state index contributed by atoms with van der Waals surface area (Å²) in [5.41, 5.74) is -0.706. The molecule has 0 aromatic heterocycles. The monoisotopic (exact) mass is 168 g/mol. The van der Waals surface area contributed by atoms with E-state index in [0.717, 1.165) is 18.8 Å². The molecule has 1 N–H and O–H groups in total. The molecule has 0 saturated heterocycles. The van der Waals surface area contributed by atoms with Crippen LogP contribution in [-0.4, -0.2) is 11.1 Å². The van der Waals surface area contributed by atoms with Gasteiger partial charge in [-0.25, -0.2) is 0 Å². The molecule has 0 amide bonds. The molecule has 0 radical (unpaired) electrons. The maximum absolute atomic E-state index is 10.8. The molecule has 1 atom stereocenters. The molecule has 2 heteroatoms. The van der Waals surface area contributed by atoms with Crippen LogP contribution in [0.25, 0.3) is 0 Å². The fraction of sp³-hybridized carbons (Fsp3) is 0.700. The number of carboxylic acid groups (broad SMARTS) is 1. The molecule has 0 aromatic rings. The van der Waals surface area contributed by atoms with Crippen LogP contribution in [0.5, 0.6) is 0 Å². The quantitative estimate of drug-likeness (QED) is 0.640. The van der Waals surface area contributed by atoms with Crippen molar-refractivity contribution in [3.8, 4) is 0 Å². The van der Waals surface area contributed by atoms with Crippen molar-refractivity contribution in [2.75, 3.05) is 0 Å². The molecular weight excluding hydrogens is 152 g/mol. The zero-order valence-corrected chi connectivity index (χ0v) is 7.55. The fourth-order valence-corrected chi connectivity index (χ4v) is 1.21. The van der Waals surface area contributed by atoms with Crippen molar-refractivity contribution in [1.29, 1.82) is 0 Å². The van der Waals surface area contributed by atoms with E-state index in [1.807, 2.05) is 0 Å². The summed E-state index contributed by atoms with van der Waals surface area (Å²) in [5, 5.41) is 8.89. The zero-order valence-electron chi connectivity index (χ0n) is 7.55. The third-order valence-electron chi connectivity index (χ3n) is 2.71. The number of aliphatic carboxylic acids is 1. The van der Waals surface area contributed by atoms with Crippen LogP contribution in [0.1, 0.15) is 32.6 Å². The molecule has 1 aliphatic carbocycles. The minimum atomic E-state index is -0.752. The van der Waals surface area contributed by atoms with Crippen molar-refractivity contribution in [2.24, 2.45) is 11.3 Å². The minimum absolute atomic E-state index is 0.706. The first kappa shape index (κ1) is 9.30. The third-order valence-corrected chi connectivity index (χ3v) is 2.71. The summed E-state index contributed by atoms with van der Waals surface area (Å²) in [5.74, 6) is 0.0433. The summed E-state index contributed by atoms with van der Waals surface area (Å²) >= 11 is 0. The van der Waals surface area contributed by atoms with E-state index in [4.69, 9.17) is 5.11 Å². The molecule has 0 spiro atoms. The lowest BCUT2D eigenvalue weighted by molar-refractivity contribution is -0.145. The molecule has 68 valence electrons. The maximum Gasteiger partial charge on any atom is 0.313 e. The molecule has 1 saturated carbocycles. The fourth-order valence-electron chi connectivity index (χ4n) is 1.21. The highest BCUT2D eigenvalue weighted by Gasteiger charge is 2.32. The van der Waals surface area contributed by atoms with Crippen LogP contribution >= 0.6 is 0 Å². The molecule has 12 heavy (non-hydrogen) atoms. The summed E-state index contributed by atoms with van der Waals surface area (Å²) in [6.45, 7) is 5.31. The first-order valence-corrected chi connectivity index (χ1v) is 4.45. The molecule has 0 aromatic carbocycles. The number of hydrogen-bond acceptors (Lipinski definition) is 1. The third kappa shape index (κ3) is 2.10. The first-order chi connectivity index (χ1) is 5.58. The Morgan fingerprint density at radius 3 is 2.67 bits per heavy atom. The van der Waals surface area contributed by atoms with Crippen LogP contribution < -0.4 is 0 Å². The SMILES string of the molecule is C=CC(C)(CCC1CC1)C(=O)O. The van der Waals surface area contributed by atoms with Crippen molar-refractivity contribution < 1.29 is 9.90 Å². The van der Waals surface area contributed by atoms with Crippen molar-refractivity contribution in [3.63, 3.8) is 0 Å². The molecule has 1 rings (SSSR count). The van der Waals surface area contributed by atoms with E-state index < -0.39 is 11.4 Å². The Hall–Kier alpha value is -0.790. The van der Waals surface area contributed by atoms with Crippen molar-refractivity contribution in [2.45, 2.75) is 32.6 Å². The Labute approximate surface area is 73.3 Å². The highest BCUT2D eigenvalue weighted by molar-refractivity contribution is 5.76. The van der Waals surface area contributed by atoms with Crippen molar-refractivity contribution in [3.05, 3.63) is 12.7 Å². The van der Waals surface area contributed by atoms with E-state index in [1.54, 1.807) is 13.0 Å². The summed E-state index contributed by atoms with van der Waals surface area (Å²) in [7, 11) is 0. The number of carbonyl (C=O) groups is 1. The number of rotatable bonds is 5. The Morgan fingerprint density at radius 2 is 2.33 bits per heavy atom. The summed E-state index contributed by atoms with van der Waals surface area (Å²) in [4.78, 5) is 10.8. The Bertz CT molecular complexity index is 194. The highest BCUT2D eigenvalue weighted by atomic mass is 16.4. The van der Waals surface area contributed by atoms with Gasteiger partial charge in [0.15, 0.2) is 0 Å². The smallest absolute Gasteiger partial charge is 0.313 e. The second kappa shape index (κ2) is 3.30. The summed E-state index contributed by atoms with van der Waals surface area (Å²) in [6.07, 6.45) is 5.89. The molecule has 0 heterocycles. The lowest BCUT2D eigenvalue weighted by Crippen LogP contribution is -2.24. The summed E-state index contributed by atoms with van der Waals surface area (Å²) in [6, 6.07) is 0. The van der Waals surface area contributed by atoms with Gasteiger partial charge in [0.1, 0.15) is 0 Å². The topological polar surface area (TPSA) is 37.3 Å². The number of hydrogen-bond donors (Lipinski definition) is 1. The van der Waals surface area contributed by atoms with Crippen LogP contribution in [0.2, 0.25) is 0 Å². The van der Waals surface area contributed by atoms with E-state index in [9.17, 15) is 4.79 Å². The summed E-state index contributed by atoms with van der Waals surface area (Å²) < 4.78 is 0. The van der Waals surface area contributed by atoms with Gasteiger partial charge in [0, 0.05) is 0 Å². The molecular formula is C10H16O2. The normalized spacial score (nSPS) is 21.4. The van der Waals surface area contributed by atoms with Crippen molar-refractivity contribution in [1.82, 2.24) is 0 Å². The predicted octanol–water partition coefficient (Wildman–Crippen LogP) is 2.45. The standard InChI is InChI=1S/C10H16O2/c1-3-10(2,9(11)12)7-6-8-4-5-8/h3,8H,1,4-7H2,2H3,(H,11,12). The van der Waals surface area contributed by atoms with Crippen LogP contribution in [0, 0.1) is 11.3 Å². The van der Waals surface area contributed by atoms with Crippen LogP contribution in [0.3, 0.4) is 0 Å². The minimum Gasteiger partial charge on any atom is -0.481 e. The van der Waals surface area contributed by atoms with Crippen LogP contribution in [-0.2, 0) is 4.79 Å². The second-order valence-electron chi connectivity index (χ2n) is 3.91. The molecule has 1 fully saturated rings. The molecule has 0 aliphatic heterocycles. The van der Waals surface area contributed by atoms with E-state index in [-0.39, 0.29) is 0 Å². The van der Waals surface area contributed by atoms with Gasteiger partial charge in [-0.1, -0.05) is 18.9 Å².